The number of tetrazole rings is 1. The minimum Gasteiger partial charge on any atom is -0.326 e. The number of anilines is 2. The van der Waals surface area contributed by atoms with E-state index in [2.05, 4.69) is 26.2 Å². The average Bonchev–Trinajstić information content (AvgIpc) is 3.11. The van der Waals surface area contributed by atoms with E-state index in [1.807, 2.05) is 31.2 Å². The molecule has 2 aromatic carbocycles. The summed E-state index contributed by atoms with van der Waals surface area (Å²) in [5, 5.41) is 17.4. The van der Waals surface area contributed by atoms with E-state index in [1.165, 1.54) is 18.7 Å². The highest BCUT2D eigenvalue weighted by atomic mass is 32.2. The van der Waals surface area contributed by atoms with Gasteiger partial charge in [-0.2, -0.15) is 4.68 Å². The molecule has 0 aliphatic carbocycles. The van der Waals surface area contributed by atoms with Crippen LogP contribution in [0, 0.1) is 6.92 Å². The van der Waals surface area contributed by atoms with Crippen molar-refractivity contribution >= 4 is 35.0 Å². The number of hydrogen-bond acceptors (Lipinski definition) is 6. The molecule has 144 valence electrons. The van der Waals surface area contributed by atoms with E-state index in [-0.39, 0.29) is 11.8 Å². The number of aryl methyl sites for hydroxylation is 1. The Balaban J connectivity index is 1.64. The number of aromatic nitrogens is 4. The van der Waals surface area contributed by atoms with Gasteiger partial charge in [0.15, 0.2) is 0 Å². The van der Waals surface area contributed by atoms with Crippen LogP contribution in [-0.4, -0.2) is 37.3 Å². The topological polar surface area (TPSA) is 102 Å². The van der Waals surface area contributed by atoms with Crippen LogP contribution in [0.1, 0.15) is 19.4 Å². The summed E-state index contributed by atoms with van der Waals surface area (Å²) in [7, 11) is 0. The molecule has 1 heterocycles. The minimum absolute atomic E-state index is 0.145. The predicted octanol–water partition coefficient (Wildman–Crippen LogP) is 3.05. The molecule has 0 radical (unpaired) electrons. The van der Waals surface area contributed by atoms with Crippen molar-refractivity contribution in [3.8, 4) is 5.69 Å². The van der Waals surface area contributed by atoms with Gasteiger partial charge in [-0.3, -0.25) is 9.59 Å². The summed E-state index contributed by atoms with van der Waals surface area (Å²) >= 11 is 1.27. The van der Waals surface area contributed by atoms with Crippen LogP contribution in [0.25, 0.3) is 5.69 Å². The molecule has 3 aromatic rings. The molecule has 0 aliphatic heterocycles. The molecule has 0 spiro atoms. The highest BCUT2D eigenvalue weighted by molar-refractivity contribution is 8.00. The Morgan fingerprint density at radius 1 is 1.00 bits per heavy atom. The smallest absolute Gasteiger partial charge is 0.237 e. The van der Waals surface area contributed by atoms with E-state index in [4.69, 9.17) is 0 Å². The Morgan fingerprint density at radius 2 is 1.61 bits per heavy atom. The van der Waals surface area contributed by atoms with E-state index in [1.54, 1.807) is 35.9 Å². The number of amides is 2. The number of nitrogens with one attached hydrogen (secondary N) is 2. The number of rotatable bonds is 6. The monoisotopic (exact) mass is 396 g/mol. The molecule has 8 nitrogen and oxygen atoms in total. The molecule has 1 atom stereocenters. The molecule has 28 heavy (non-hydrogen) atoms. The van der Waals surface area contributed by atoms with Gasteiger partial charge in [0.25, 0.3) is 0 Å². The number of carbonyl (C=O) groups excluding carboxylic acids is 2. The summed E-state index contributed by atoms with van der Waals surface area (Å²) in [6.07, 6.45) is 0. The van der Waals surface area contributed by atoms with Crippen molar-refractivity contribution in [1.29, 1.82) is 0 Å². The van der Waals surface area contributed by atoms with Gasteiger partial charge < -0.3 is 10.6 Å². The highest BCUT2D eigenvalue weighted by Gasteiger charge is 2.19. The van der Waals surface area contributed by atoms with E-state index in [0.29, 0.717) is 16.5 Å². The van der Waals surface area contributed by atoms with E-state index < -0.39 is 5.25 Å². The third-order valence-corrected chi connectivity index (χ3v) is 4.88. The van der Waals surface area contributed by atoms with Crippen LogP contribution < -0.4 is 10.6 Å². The average molecular weight is 396 g/mol. The Morgan fingerprint density at radius 3 is 2.21 bits per heavy atom. The largest absolute Gasteiger partial charge is 0.326 e. The molecule has 2 amide bonds. The summed E-state index contributed by atoms with van der Waals surface area (Å²) in [5.74, 6) is -0.316. The van der Waals surface area contributed by atoms with Gasteiger partial charge in [-0.05, 0) is 60.7 Å². The second-order valence-electron chi connectivity index (χ2n) is 6.22. The second-order valence-corrected chi connectivity index (χ2v) is 7.52. The molecule has 0 aliphatic rings. The standard InChI is InChI=1S/C19H20N6O2S/c1-12-4-10-17(11-5-12)25-19(22-23-24-25)28-13(2)18(27)21-16-8-6-15(7-9-16)20-14(3)26/h4-11,13H,1-3H3,(H,20,26)(H,21,27). The van der Waals surface area contributed by atoms with Crippen molar-refractivity contribution in [2.75, 3.05) is 10.6 Å². The summed E-state index contributed by atoms with van der Waals surface area (Å²) in [6, 6.07) is 14.7. The lowest BCUT2D eigenvalue weighted by Crippen LogP contribution is -2.23. The van der Waals surface area contributed by atoms with Crippen molar-refractivity contribution in [3.05, 3.63) is 54.1 Å². The van der Waals surface area contributed by atoms with Gasteiger partial charge in [0.2, 0.25) is 17.0 Å². The van der Waals surface area contributed by atoms with Crippen molar-refractivity contribution in [2.45, 2.75) is 31.2 Å². The fraction of sp³-hybridized carbons (Fsp3) is 0.211. The summed E-state index contributed by atoms with van der Waals surface area (Å²) in [5.41, 5.74) is 3.29. The molecule has 2 N–H and O–H groups in total. The maximum atomic E-state index is 12.5. The molecule has 0 saturated carbocycles. The lowest BCUT2D eigenvalue weighted by molar-refractivity contribution is -0.115. The summed E-state index contributed by atoms with van der Waals surface area (Å²) < 4.78 is 1.61. The van der Waals surface area contributed by atoms with E-state index >= 15 is 0 Å². The first kappa shape index (κ1) is 19.6. The van der Waals surface area contributed by atoms with E-state index in [9.17, 15) is 9.59 Å². The van der Waals surface area contributed by atoms with Crippen molar-refractivity contribution in [3.63, 3.8) is 0 Å². The Hall–Kier alpha value is -3.20. The number of benzene rings is 2. The highest BCUT2D eigenvalue weighted by Crippen LogP contribution is 2.24. The number of nitrogens with zero attached hydrogens (tertiary/aromatic N) is 4. The Labute approximate surface area is 166 Å². The Bertz CT molecular complexity index is 969. The number of thioether (sulfide) groups is 1. The fourth-order valence-corrected chi connectivity index (χ4v) is 3.20. The van der Waals surface area contributed by atoms with Gasteiger partial charge in [-0.1, -0.05) is 29.5 Å². The number of hydrogen-bond donors (Lipinski definition) is 2. The van der Waals surface area contributed by atoms with Crippen molar-refractivity contribution in [1.82, 2.24) is 20.2 Å². The maximum absolute atomic E-state index is 12.5. The molecule has 1 aromatic heterocycles. The molecule has 0 fully saturated rings. The summed E-state index contributed by atoms with van der Waals surface area (Å²) in [6.45, 7) is 5.24. The third kappa shape index (κ3) is 4.95. The molecular formula is C19H20N6O2S. The maximum Gasteiger partial charge on any atom is 0.237 e. The van der Waals surface area contributed by atoms with Gasteiger partial charge in [0.1, 0.15) is 0 Å². The van der Waals surface area contributed by atoms with Gasteiger partial charge in [0.05, 0.1) is 10.9 Å². The lowest BCUT2D eigenvalue weighted by atomic mass is 10.2. The minimum atomic E-state index is -0.412. The third-order valence-electron chi connectivity index (χ3n) is 3.84. The first-order valence-corrected chi connectivity index (χ1v) is 9.51. The Kier molecular flexibility index (Phi) is 6.05. The van der Waals surface area contributed by atoms with Crippen LogP contribution in [0.5, 0.6) is 0 Å². The zero-order valence-electron chi connectivity index (χ0n) is 15.7. The van der Waals surface area contributed by atoms with Crippen LogP contribution in [0.3, 0.4) is 0 Å². The zero-order valence-corrected chi connectivity index (χ0v) is 16.5. The fourth-order valence-electron chi connectivity index (χ4n) is 2.40. The zero-order chi connectivity index (χ0) is 20.1. The first-order chi connectivity index (χ1) is 13.4. The molecular weight excluding hydrogens is 376 g/mol. The summed E-state index contributed by atoms with van der Waals surface area (Å²) in [4.78, 5) is 23.6. The van der Waals surface area contributed by atoms with Gasteiger partial charge >= 0.3 is 0 Å². The van der Waals surface area contributed by atoms with Crippen LogP contribution >= 0.6 is 11.8 Å². The number of carbonyl (C=O) groups is 2. The van der Waals surface area contributed by atoms with Crippen LogP contribution in [0.4, 0.5) is 11.4 Å². The van der Waals surface area contributed by atoms with Crippen molar-refractivity contribution < 1.29 is 9.59 Å². The van der Waals surface area contributed by atoms with Gasteiger partial charge in [0, 0.05) is 18.3 Å². The predicted molar refractivity (Wildman–Crippen MR) is 109 cm³/mol. The van der Waals surface area contributed by atoms with Crippen LogP contribution in [-0.2, 0) is 9.59 Å². The van der Waals surface area contributed by atoms with E-state index in [0.717, 1.165) is 11.3 Å². The normalized spacial score (nSPS) is 11.7. The molecule has 9 heteroatoms. The molecule has 3 rings (SSSR count). The van der Waals surface area contributed by atoms with Gasteiger partial charge in [-0.15, -0.1) is 5.10 Å². The molecule has 1 unspecified atom stereocenters. The second kappa shape index (κ2) is 8.66. The quantitative estimate of drug-likeness (QED) is 0.621. The van der Waals surface area contributed by atoms with Crippen molar-refractivity contribution in [2.24, 2.45) is 0 Å². The SMILES string of the molecule is CC(=O)Nc1ccc(NC(=O)C(C)Sc2nnnn2-c2ccc(C)cc2)cc1. The first-order valence-electron chi connectivity index (χ1n) is 8.63. The molecule has 0 bridgehead atoms. The van der Waals surface area contributed by atoms with Crippen LogP contribution in [0.15, 0.2) is 53.7 Å². The van der Waals surface area contributed by atoms with Gasteiger partial charge in [-0.25, -0.2) is 0 Å². The van der Waals surface area contributed by atoms with Crippen LogP contribution in [0.2, 0.25) is 0 Å². The molecule has 0 saturated heterocycles. The lowest BCUT2D eigenvalue weighted by Gasteiger charge is -2.12.